The summed E-state index contributed by atoms with van der Waals surface area (Å²) in [5.74, 6) is 1.64. The Morgan fingerprint density at radius 1 is 0.733 bits per heavy atom. The molecule has 2 atom stereocenters. The van der Waals surface area contributed by atoms with E-state index in [0.29, 0.717) is 0 Å². The van der Waals surface area contributed by atoms with Crippen LogP contribution >= 0.6 is 53.0 Å². The Hall–Kier alpha value is 1.75. The Balaban J connectivity index is 2.28. The van der Waals surface area contributed by atoms with Crippen molar-refractivity contribution in [1.82, 2.24) is 0 Å². The van der Waals surface area contributed by atoms with E-state index in [1.54, 1.807) is 0 Å². The maximum absolute atomic E-state index is 2.32. The van der Waals surface area contributed by atoms with Crippen molar-refractivity contribution in [3.05, 3.63) is 0 Å². The van der Waals surface area contributed by atoms with Crippen LogP contribution < -0.4 is 0 Å². The SMILES string of the molecule is CC(C)C[C@@H]1SSS[C@@H](CC(C)C)SS1. The highest BCUT2D eigenvalue weighted by Gasteiger charge is 2.23. The second kappa shape index (κ2) is 7.96. The summed E-state index contributed by atoms with van der Waals surface area (Å²) in [6, 6.07) is 0. The van der Waals surface area contributed by atoms with Crippen LogP contribution in [0.5, 0.6) is 0 Å². The van der Waals surface area contributed by atoms with Gasteiger partial charge >= 0.3 is 0 Å². The van der Waals surface area contributed by atoms with Crippen molar-refractivity contribution in [2.75, 3.05) is 0 Å². The van der Waals surface area contributed by atoms with Crippen LogP contribution in [0.2, 0.25) is 0 Å². The summed E-state index contributed by atoms with van der Waals surface area (Å²) in [5, 5.41) is 0. The molecule has 1 rings (SSSR count). The summed E-state index contributed by atoms with van der Waals surface area (Å²) < 4.78 is 1.56. The van der Waals surface area contributed by atoms with Crippen molar-refractivity contribution in [3.8, 4) is 0 Å². The van der Waals surface area contributed by atoms with Crippen LogP contribution in [0.25, 0.3) is 0 Å². The molecule has 0 saturated carbocycles. The molecular weight excluding hydrogens is 280 g/mol. The average Bonchev–Trinajstić information content (AvgIpc) is 2.29. The summed E-state index contributed by atoms with van der Waals surface area (Å²) in [6.07, 6.45) is 2.68. The maximum atomic E-state index is 2.32. The van der Waals surface area contributed by atoms with E-state index in [9.17, 15) is 0 Å². The molecule has 0 aromatic carbocycles. The minimum atomic E-state index is 0.782. The quantitative estimate of drug-likeness (QED) is 0.569. The summed E-state index contributed by atoms with van der Waals surface area (Å²) in [5.41, 5.74) is 0. The molecular formula is C10H20S5. The Kier molecular flexibility index (Phi) is 7.86. The zero-order chi connectivity index (χ0) is 11.3. The third-order valence-corrected chi connectivity index (χ3v) is 11.4. The van der Waals surface area contributed by atoms with Gasteiger partial charge in [-0.3, -0.25) is 0 Å². The van der Waals surface area contributed by atoms with Crippen molar-refractivity contribution < 1.29 is 0 Å². The highest BCUT2D eigenvalue weighted by atomic mass is 33.5. The van der Waals surface area contributed by atoms with Gasteiger partial charge in [-0.2, -0.15) is 0 Å². The first-order valence-corrected chi connectivity index (χ1v) is 11.3. The largest absolute Gasteiger partial charge is 0.0776 e. The van der Waals surface area contributed by atoms with E-state index in [0.717, 1.165) is 21.0 Å². The van der Waals surface area contributed by atoms with Gasteiger partial charge in [0.15, 0.2) is 0 Å². The summed E-state index contributed by atoms with van der Waals surface area (Å²) in [4.78, 5) is 0. The molecule has 0 aromatic rings. The number of rotatable bonds is 4. The first kappa shape index (κ1) is 14.8. The molecule has 15 heavy (non-hydrogen) atoms. The zero-order valence-electron chi connectivity index (χ0n) is 9.76. The van der Waals surface area contributed by atoms with Gasteiger partial charge in [-0.1, -0.05) is 70.9 Å². The third kappa shape index (κ3) is 6.92. The minimum Gasteiger partial charge on any atom is -0.0776 e. The fraction of sp³-hybridized carbons (Fsp3) is 1.00. The summed E-state index contributed by atoms with van der Waals surface area (Å²) in [6.45, 7) is 9.28. The van der Waals surface area contributed by atoms with Crippen LogP contribution in [0.4, 0.5) is 0 Å². The first-order valence-electron chi connectivity index (χ1n) is 5.39. The highest BCUT2D eigenvalue weighted by Crippen LogP contribution is 2.57. The predicted molar refractivity (Wildman–Crippen MR) is 84.4 cm³/mol. The second-order valence-electron chi connectivity index (χ2n) is 4.57. The predicted octanol–water partition coefficient (Wildman–Crippen LogP) is 6.16. The van der Waals surface area contributed by atoms with Crippen LogP contribution in [-0.4, -0.2) is 9.16 Å². The molecule has 5 heteroatoms. The smallest absolute Gasteiger partial charge is 0.0720 e. The van der Waals surface area contributed by atoms with Gasteiger partial charge in [-0.15, -0.1) is 0 Å². The van der Waals surface area contributed by atoms with E-state index in [-0.39, 0.29) is 0 Å². The Morgan fingerprint density at radius 2 is 1.13 bits per heavy atom. The molecule has 1 aliphatic heterocycles. The molecule has 0 amide bonds. The van der Waals surface area contributed by atoms with Gasteiger partial charge in [0.1, 0.15) is 0 Å². The fourth-order valence-electron chi connectivity index (χ4n) is 1.19. The van der Waals surface area contributed by atoms with E-state index >= 15 is 0 Å². The zero-order valence-corrected chi connectivity index (χ0v) is 13.8. The molecule has 0 radical (unpaired) electrons. The third-order valence-electron chi connectivity index (χ3n) is 1.89. The van der Waals surface area contributed by atoms with Crippen molar-refractivity contribution in [1.29, 1.82) is 0 Å². The van der Waals surface area contributed by atoms with E-state index < -0.39 is 0 Å². The Labute approximate surface area is 114 Å². The minimum absolute atomic E-state index is 0.782. The highest BCUT2D eigenvalue weighted by molar-refractivity contribution is 9.13. The van der Waals surface area contributed by atoms with Crippen molar-refractivity contribution >= 4 is 53.0 Å². The molecule has 1 aliphatic rings. The van der Waals surface area contributed by atoms with Crippen LogP contribution in [0.3, 0.4) is 0 Å². The molecule has 1 fully saturated rings. The lowest BCUT2D eigenvalue weighted by Crippen LogP contribution is -2.00. The molecule has 0 unspecified atom stereocenters. The summed E-state index contributed by atoms with van der Waals surface area (Å²) in [7, 11) is 10.3. The lowest BCUT2D eigenvalue weighted by molar-refractivity contribution is 0.620. The molecule has 0 aliphatic carbocycles. The molecule has 0 bridgehead atoms. The molecule has 0 nitrogen and oxygen atoms in total. The van der Waals surface area contributed by atoms with E-state index in [1.165, 1.54) is 12.8 Å². The first-order chi connectivity index (χ1) is 7.08. The fourth-order valence-corrected chi connectivity index (χ4v) is 13.0. The number of hydrogen-bond acceptors (Lipinski definition) is 5. The molecule has 0 N–H and O–H groups in total. The van der Waals surface area contributed by atoms with Gasteiger partial charge in [0.25, 0.3) is 0 Å². The Bertz CT molecular complexity index is 153. The normalized spacial score (nSPS) is 28.4. The molecule has 0 aromatic heterocycles. The number of hydrogen-bond donors (Lipinski definition) is 0. The van der Waals surface area contributed by atoms with Crippen LogP contribution in [0, 0.1) is 11.8 Å². The van der Waals surface area contributed by atoms with Crippen molar-refractivity contribution in [2.45, 2.75) is 49.7 Å². The lowest BCUT2D eigenvalue weighted by atomic mass is 10.2. The molecule has 1 heterocycles. The van der Waals surface area contributed by atoms with Crippen molar-refractivity contribution in [2.24, 2.45) is 11.8 Å². The van der Waals surface area contributed by atoms with Crippen molar-refractivity contribution in [3.63, 3.8) is 0 Å². The molecule has 90 valence electrons. The van der Waals surface area contributed by atoms with E-state index in [2.05, 4.69) is 70.9 Å². The van der Waals surface area contributed by atoms with Gasteiger partial charge < -0.3 is 0 Å². The lowest BCUT2D eigenvalue weighted by Gasteiger charge is -2.15. The van der Waals surface area contributed by atoms with Gasteiger partial charge in [0, 0.05) is 0 Å². The standard InChI is InChI=1S/C10H20S5/c1-7(2)5-9-11-12-10(6-8(3)4)14-15-13-9/h7-10H,5-6H2,1-4H3/t9-,10-/m0/s1. The molecule has 1 saturated heterocycles. The summed E-state index contributed by atoms with van der Waals surface area (Å²) >= 11 is 0. The Morgan fingerprint density at radius 3 is 1.47 bits per heavy atom. The van der Waals surface area contributed by atoms with E-state index in [4.69, 9.17) is 0 Å². The second-order valence-corrected chi connectivity index (χ2v) is 12.3. The van der Waals surface area contributed by atoms with Crippen LogP contribution in [0.15, 0.2) is 0 Å². The van der Waals surface area contributed by atoms with Crippen LogP contribution in [-0.2, 0) is 0 Å². The molecule has 0 spiro atoms. The average molecular weight is 301 g/mol. The topological polar surface area (TPSA) is 0 Å². The monoisotopic (exact) mass is 300 g/mol. The van der Waals surface area contributed by atoms with Gasteiger partial charge in [-0.25, -0.2) is 0 Å². The van der Waals surface area contributed by atoms with Crippen LogP contribution in [0.1, 0.15) is 40.5 Å². The van der Waals surface area contributed by atoms with Gasteiger partial charge in [0.2, 0.25) is 0 Å². The van der Waals surface area contributed by atoms with E-state index in [1.807, 2.05) is 9.83 Å². The van der Waals surface area contributed by atoms with Gasteiger partial charge in [-0.05, 0) is 34.5 Å². The maximum Gasteiger partial charge on any atom is 0.0720 e. The van der Waals surface area contributed by atoms with Gasteiger partial charge in [0.05, 0.1) is 9.16 Å².